The number of aliphatic hydroxyl groups is 1. The first kappa shape index (κ1) is 9.01. The molecule has 1 fully saturated rings. The maximum Gasteiger partial charge on any atom is 0.0863 e. The van der Waals surface area contributed by atoms with Crippen LogP contribution in [0.3, 0.4) is 0 Å². The number of rotatable bonds is 1. The van der Waals surface area contributed by atoms with Gasteiger partial charge in [0.2, 0.25) is 0 Å². The van der Waals surface area contributed by atoms with E-state index in [0.717, 1.165) is 0 Å². The van der Waals surface area contributed by atoms with Crippen molar-refractivity contribution >= 4 is 0 Å². The largest absolute Gasteiger partial charge is 0.394 e. The zero-order valence-corrected chi connectivity index (χ0v) is 7.79. The molecule has 3 unspecified atom stereocenters. The zero-order chi connectivity index (χ0) is 8.65. The fourth-order valence-electron chi connectivity index (χ4n) is 1.73. The van der Waals surface area contributed by atoms with Crippen LogP contribution in [0.15, 0.2) is 0 Å². The molecule has 66 valence electrons. The SMILES string of the molecule is CC1OC(CO)C(C)(C)C1C. The van der Waals surface area contributed by atoms with Gasteiger partial charge in [0.1, 0.15) is 0 Å². The molecule has 2 heteroatoms. The fraction of sp³-hybridized carbons (Fsp3) is 1.00. The third kappa shape index (κ3) is 1.30. The predicted molar refractivity (Wildman–Crippen MR) is 44.4 cm³/mol. The van der Waals surface area contributed by atoms with Crippen molar-refractivity contribution in [3.63, 3.8) is 0 Å². The number of hydrogen-bond donors (Lipinski definition) is 1. The molecule has 0 amide bonds. The zero-order valence-electron chi connectivity index (χ0n) is 7.79. The van der Waals surface area contributed by atoms with Gasteiger partial charge in [-0.2, -0.15) is 0 Å². The second kappa shape index (κ2) is 2.76. The lowest BCUT2D eigenvalue weighted by Gasteiger charge is -2.27. The lowest BCUT2D eigenvalue weighted by Crippen LogP contribution is -2.31. The van der Waals surface area contributed by atoms with Crippen LogP contribution in [0.25, 0.3) is 0 Å². The van der Waals surface area contributed by atoms with Crippen LogP contribution in [0.4, 0.5) is 0 Å². The summed E-state index contributed by atoms with van der Waals surface area (Å²) in [5.41, 5.74) is 0.119. The second-order valence-corrected chi connectivity index (χ2v) is 4.12. The summed E-state index contributed by atoms with van der Waals surface area (Å²) >= 11 is 0. The molecule has 3 atom stereocenters. The predicted octanol–water partition coefficient (Wildman–Crippen LogP) is 1.43. The second-order valence-electron chi connectivity index (χ2n) is 4.12. The van der Waals surface area contributed by atoms with Crippen LogP contribution < -0.4 is 0 Å². The molecule has 2 nitrogen and oxygen atoms in total. The number of aliphatic hydroxyl groups excluding tert-OH is 1. The van der Waals surface area contributed by atoms with Gasteiger partial charge in [0.15, 0.2) is 0 Å². The molecule has 0 saturated carbocycles. The Kier molecular flexibility index (Phi) is 2.26. The third-order valence-corrected chi connectivity index (χ3v) is 3.25. The Labute approximate surface area is 68.6 Å². The van der Waals surface area contributed by atoms with E-state index in [1.807, 2.05) is 0 Å². The molecule has 0 spiro atoms. The van der Waals surface area contributed by atoms with Crippen LogP contribution in [0, 0.1) is 11.3 Å². The first-order valence-corrected chi connectivity index (χ1v) is 4.26. The van der Waals surface area contributed by atoms with Crippen LogP contribution in [-0.4, -0.2) is 23.9 Å². The number of ether oxygens (including phenoxy) is 1. The van der Waals surface area contributed by atoms with Gasteiger partial charge >= 0.3 is 0 Å². The van der Waals surface area contributed by atoms with Gasteiger partial charge in [0, 0.05) is 0 Å². The van der Waals surface area contributed by atoms with Crippen LogP contribution in [-0.2, 0) is 4.74 Å². The highest BCUT2D eigenvalue weighted by atomic mass is 16.5. The van der Waals surface area contributed by atoms with E-state index in [2.05, 4.69) is 27.7 Å². The minimum absolute atomic E-state index is 0.0208. The molecule has 0 radical (unpaired) electrons. The summed E-state index contributed by atoms with van der Waals surface area (Å²) in [6.45, 7) is 8.70. The molecular weight excluding hydrogens is 140 g/mol. The van der Waals surface area contributed by atoms with Crippen LogP contribution in [0.1, 0.15) is 27.7 Å². The average Bonchev–Trinajstić information content (AvgIpc) is 2.13. The monoisotopic (exact) mass is 158 g/mol. The molecular formula is C9H18O2. The Hall–Kier alpha value is -0.0800. The molecule has 0 aliphatic carbocycles. The molecule has 1 N–H and O–H groups in total. The van der Waals surface area contributed by atoms with Crippen LogP contribution in [0.5, 0.6) is 0 Å². The molecule has 1 aliphatic heterocycles. The quantitative estimate of drug-likeness (QED) is 0.625. The van der Waals surface area contributed by atoms with Gasteiger partial charge in [-0.1, -0.05) is 20.8 Å². The van der Waals surface area contributed by atoms with Gasteiger partial charge in [-0.25, -0.2) is 0 Å². The minimum Gasteiger partial charge on any atom is -0.394 e. The van der Waals surface area contributed by atoms with Crippen molar-refractivity contribution in [3.8, 4) is 0 Å². The Morgan fingerprint density at radius 3 is 2.09 bits per heavy atom. The molecule has 1 saturated heterocycles. The fourth-order valence-corrected chi connectivity index (χ4v) is 1.73. The summed E-state index contributed by atoms with van der Waals surface area (Å²) < 4.78 is 5.59. The summed E-state index contributed by atoms with van der Waals surface area (Å²) in [5.74, 6) is 0.527. The highest BCUT2D eigenvalue weighted by Crippen LogP contribution is 2.42. The van der Waals surface area contributed by atoms with Crippen molar-refractivity contribution in [2.24, 2.45) is 11.3 Å². The van der Waals surface area contributed by atoms with Crippen LogP contribution in [0.2, 0.25) is 0 Å². The summed E-state index contributed by atoms with van der Waals surface area (Å²) in [4.78, 5) is 0. The van der Waals surface area contributed by atoms with E-state index in [1.54, 1.807) is 0 Å². The van der Waals surface area contributed by atoms with Gasteiger partial charge in [0.05, 0.1) is 18.8 Å². The van der Waals surface area contributed by atoms with Crippen molar-refractivity contribution in [1.82, 2.24) is 0 Å². The van der Waals surface area contributed by atoms with Gasteiger partial charge in [-0.05, 0) is 18.3 Å². The van der Waals surface area contributed by atoms with E-state index in [-0.39, 0.29) is 24.2 Å². The van der Waals surface area contributed by atoms with E-state index < -0.39 is 0 Å². The molecule has 1 aliphatic rings. The molecule has 1 rings (SSSR count). The maximum absolute atomic E-state index is 9.01. The Balaban J connectivity index is 2.74. The molecule has 0 aromatic carbocycles. The summed E-state index contributed by atoms with van der Waals surface area (Å²) in [5, 5.41) is 9.01. The van der Waals surface area contributed by atoms with Crippen molar-refractivity contribution in [2.45, 2.75) is 39.9 Å². The Morgan fingerprint density at radius 2 is 1.91 bits per heavy atom. The van der Waals surface area contributed by atoms with E-state index >= 15 is 0 Å². The molecule has 1 heterocycles. The normalized spacial score (nSPS) is 42.8. The average molecular weight is 158 g/mol. The molecule has 0 aromatic heterocycles. The topological polar surface area (TPSA) is 29.5 Å². The lowest BCUT2D eigenvalue weighted by atomic mass is 9.76. The summed E-state index contributed by atoms with van der Waals surface area (Å²) in [7, 11) is 0. The van der Waals surface area contributed by atoms with Crippen molar-refractivity contribution in [3.05, 3.63) is 0 Å². The van der Waals surface area contributed by atoms with E-state index in [9.17, 15) is 0 Å². The summed E-state index contributed by atoms with van der Waals surface area (Å²) in [6, 6.07) is 0. The number of hydrogen-bond acceptors (Lipinski definition) is 2. The highest BCUT2D eigenvalue weighted by molar-refractivity contribution is 4.92. The maximum atomic E-state index is 9.01. The van der Waals surface area contributed by atoms with E-state index in [1.165, 1.54) is 0 Å². The smallest absolute Gasteiger partial charge is 0.0863 e. The summed E-state index contributed by atoms with van der Waals surface area (Å²) in [6.07, 6.45) is 0.301. The minimum atomic E-state index is 0.0208. The standard InChI is InChI=1S/C9H18O2/c1-6-7(2)11-8(5-10)9(6,3)4/h6-8,10H,5H2,1-4H3. The van der Waals surface area contributed by atoms with Crippen molar-refractivity contribution < 1.29 is 9.84 Å². The van der Waals surface area contributed by atoms with Crippen molar-refractivity contribution in [1.29, 1.82) is 0 Å². The highest BCUT2D eigenvalue weighted by Gasteiger charge is 2.45. The van der Waals surface area contributed by atoms with Crippen LogP contribution >= 0.6 is 0 Å². The lowest BCUT2D eigenvalue weighted by molar-refractivity contribution is -0.00988. The molecule has 0 aromatic rings. The third-order valence-electron chi connectivity index (χ3n) is 3.25. The van der Waals surface area contributed by atoms with Gasteiger partial charge in [-0.3, -0.25) is 0 Å². The van der Waals surface area contributed by atoms with E-state index in [4.69, 9.17) is 9.84 Å². The van der Waals surface area contributed by atoms with Gasteiger partial charge in [-0.15, -0.1) is 0 Å². The Bertz CT molecular complexity index is 142. The van der Waals surface area contributed by atoms with Gasteiger partial charge in [0.25, 0.3) is 0 Å². The van der Waals surface area contributed by atoms with Gasteiger partial charge < -0.3 is 9.84 Å². The molecule has 11 heavy (non-hydrogen) atoms. The Morgan fingerprint density at radius 1 is 1.36 bits per heavy atom. The first-order valence-electron chi connectivity index (χ1n) is 4.26. The molecule has 0 bridgehead atoms. The first-order chi connectivity index (χ1) is 5.00. The van der Waals surface area contributed by atoms with E-state index in [0.29, 0.717) is 5.92 Å². The van der Waals surface area contributed by atoms with Crippen molar-refractivity contribution in [2.75, 3.05) is 6.61 Å².